The van der Waals surface area contributed by atoms with E-state index >= 15 is 0 Å². The average molecular weight is 277 g/mol. The van der Waals surface area contributed by atoms with E-state index in [0.29, 0.717) is 0 Å². The molecule has 0 saturated carbocycles. The lowest BCUT2D eigenvalue weighted by atomic mass is 10.2. The molecule has 1 rings (SSSR count). The second-order valence-corrected chi connectivity index (χ2v) is 6.53. The van der Waals surface area contributed by atoms with Crippen molar-refractivity contribution < 1.29 is 23.2 Å². The third-order valence-corrected chi connectivity index (χ3v) is 4.86. The van der Waals surface area contributed by atoms with Crippen molar-refractivity contribution in [3.05, 3.63) is 0 Å². The number of ketones is 1. The normalized spacial score (nSPS) is 16.0. The van der Waals surface area contributed by atoms with Crippen LogP contribution in [0.25, 0.3) is 0 Å². The van der Waals surface area contributed by atoms with E-state index < -0.39 is 7.60 Å². The Balaban J connectivity index is 2.32. The Hall–Kier alpha value is -0.710. The van der Waals surface area contributed by atoms with E-state index in [-0.39, 0.29) is 30.7 Å². The average Bonchev–Trinajstić information content (AvgIpc) is 2.89. The van der Waals surface area contributed by atoms with Gasteiger partial charge in [0.25, 0.3) is 0 Å². The van der Waals surface area contributed by atoms with Gasteiger partial charge in [0.1, 0.15) is 11.9 Å². The summed E-state index contributed by atoms with van der Waals surface area (Å²) in [6.07, 6.45) is 2.05. The van der Waals surface area contributed by atoms with E-state index in [1.807, 2.05) is 0 Å². The standard InChI is InChI=1S/C11H20NO5P/c1-16-18(15,17-2)9-10(13)5-6-11(14)12-7-3-4-8-12/h3-9H2,1-2H3. The van der Waals surface area contributed by atoms with E-state index in [1.165, 1.54) is 14.2 Å². The summed E-state index contributed by atoms with van der Waals surface area (Å²) in [5.74, 6) is -0.278. The van der Waals surface area contributed by atoms with E-state index in [2.05, 4.69) is 9.05 Å². The van der Waals surface area contributed by atoms with Crippen LogP contribution >= 0.6 is 7.60 Å². The molecule has 1 amide bonds. The molecule has 1 aliphatic rings. The first-order chi connectivity index (χ1) is 8.50. The molecule has 6 nitrogen and oxygen atoms in total. The molecule has 0 radical (unpaired) electrons. The van der Waals surface area contributed by atoms with Gasteiger partial charge in [-0.25, -0.2) is 0 Å². The van der Waals surface area contributed by atoms with Gasteiger partial charge >= 0.3 is 7.60 Å². The zero-order chi connectivity index (χ0) is 13.6. The molecule has 0 aromatic rings. The highest BCUT2D eigenvalue weighted by molar-refractivity contribution is 7.54. The van der Waals surface area contributed by atoms with Crippen LogP contribution in [0.1, 0.15) is 25.7 Å². The highest BCUT2D eigenvalue weighted by Gasteiger charge is 2.26. The van der Waals surface area contributed by atoms with Crippen molar-refractivity contribution >= 4 is 19.3 Å². The van der Waals surface area contributed by atoms with Gasteiger partial charge in [-0.15, -0.1) is 0 Å². The summed E-state index contributed by atoms with van der Waals surface area (Å²) in [5, 5.41) is 0. The van der Waals surface area contributed by atoms with Crippen LogP contribution in [0, 0.1) is 0 Å². The summed E-state index contributed by atoms with van der Waals surface area (Å²) >= 11 is 0. The number of carbonyl (C=O) groups is 2. The van der Waals surface area contributed by atoms with E-state index in [0.717, 1.165) is 25.9 Å². The van der Waals surface area contributed by atoms with Crippen molar-refractivity contribution in [2.45, 2.75) is 25.7 Å². The van der Waals surface area contributed by atoms with E-state index in [9.17, 15) is 14.2 Å². The summed E-state index contributed by atoms with van der Waals surface area (Å²) in [7, 11) is -0.811. The first-order valence-corrected chi connectivity index (χ1v) is 7.73. The molecule has 1 aliphatic heterocycles. The van der Waals surface area contributed by atoms with Gasteiger partial charge in [-0.05, 0) is 12.8 Å². The number of Topliss-reactive ketones (excluding diaryl/α,β-unsaturated/α-hetero) is 1. The van der Waals surface area contributed by atoms with Gasteiger partial charge in [0, 0.05) is 40.2 Å². The number of nitrogens with zero attached hydrogens (tertiary/aromatic N) is 1. The van der Waals surface area contributed by atoms with Gasteiger partial charge in [0.05, 0.1) is 0 Å². The highest BCUT2D eigenvalue weighted by Crippen LogP contribution is 2.46. The summed E-state index contributed by atoms with van der Waals surface area (Å²) < 4.78 is 21.1. The Bertz CT molecular complexity index is 343. The highest BCUT2D eigenvalue weighted by atomic mass is 31.2. The summed E-state index contributed by atoms with van der Waals surface area (Å²) in [4.78, 5) is 25.1. The third kappa shape index (κ3) is 4.52. The van der Waals surface area contributed by atoms with Crippen LogP contribution in [-0.4, -0.2) is 50.1 Å². The van der Waals surface area contributed by atoms with Crippen molar-refractivity contribution in [1.82, 2.24) is 4.90 Å². The van der Waals surface area contributed by atoms with Gasteiger partial charge in [-0.1, -0.05) is 0 Å². The largest absolute Gasteiger partial charge is 0.343 e. The molecule has 0 aliphatic carbocycles. The molecular formula is C11H20NO5P. The quantitative estimate of drug-likeness (QED) is 0.658. The third-order valence-electron chi connectivity index (χ3n) is 3.00. The predicted octanol–water partition coefficient (Wildman–Crippen LogP) is 1.44. The van der Waals surface area contributed by atoms with Gasteiger partial charge in [-0.2, -0.15) is 0 Å². The topological polar surface area (TPSA) is 72.9 Å². The first kappa shape index (κ1) is 15.3. The zero-order valence-electron chi connectivity index (χ0n) is 10.9. The van der Waals surface area contributed by atoms with Crippen LogP contribution in [0.3, 0.4) is 0 Å². The minimum absolute atomic E-state index is 0.00878. The molecule has 1 fully saturated rings. The first-order valence-electron chi connectivity index (χ1n) is 6.01. The number of hydrogen-bond donors (Lipinski definition) is 0. The Morgan fingerprint density at radius 3 is 2.17 bits per heavy atom. The minimum Gasteiger partial charge on any atom is -0.343 e. The molecule has 104 valence electrons. The van der Waals surface area contributed by atoms with Crippen LogP contribution in [-0.2, 0) is 23.2 Å². The monoisotopic (exact) mass is 277 g/mol. The number of hydrogen-bond acceptors (Lipinski definition) is 5. The Morgan fingerprint density at radius 2 is 1.67 bits per heavy atom. The molecule has 0 unspecified atom stereocenters. The lowest BCUT2D eigenvalue weighted by molar-refractivity contribution is -0.132. The molecule has 0 bridgehead atoms. The summed E-state index contributed by atoms with van der Waals surface area (Å²) in [5.41, 5.74) is 0. The Kier molecular flexibility index (Phi) is 5.99. The van der Waals surface area contributed by atoms with Gasteiger partial charge in [0.15, 0.2) is 0 Å². The molecule has 0 aromatic carbocycles. The molecular weight excluding hydrogens is 257 g/mol. The number of rotatable bonds is 7. The zero-order valence-corrected chi connectivity index (χ0v) is 11.8. The number of amides is 1. The fourth-order valence-corrected chi connectivity index (χ4v) is 2.87. The number of likely N-dealkylation sites (tertiary alicyclic amines) is 1. The molecule has 0 spiro atoms. The Labute approximate surface area is 107 Å². The maximum absolute atomic E-state index is 11.7. The molecule has 7 heteroatoms. The molecule has 0 atom stereocenters. The van der Waals surface area contributed by atoms with Crippen LogP contribution in [0.15, 0.2) is 0 Å². The van der Waals surface area contributed by atoms with Gasteiger partial charge in [-0.3, -0.25) is 14.2 Å². The molecule has 1 heterocycles. The smallest absolute Gasteiger partial charge is 0.337 e. The molecule has 0 aromatic heterocycles. The maximum Gasteiger partial charge on any atom is 0.337 e. The van der Waals surface area contributed by atoms with Crippen molar-refractivity contribution in [3.63, 3.8) is 0 Å². The minimum atomic E-state index is -3.30. The van der Waals surface area contributed by atoms with Crippen molar-refractivity contribution in [3.8, 4) is 0 Å². The van der Waals surface area contributed by atoms with Crippen LogP contribution in [0.2, 0.25) is 0 Å². The van der Waals surface area contributed by atoms with Crippen LogP contribution < -0.4 is 0 Å². The van der Waals surface area contributed by atoms with Crippen molar-refractivity contribution in [1.29, 1.82) is 0 Å². The van der Waals surface area contributed by atoms with Gasteiger partial charge in [0.2, 0.25) is 5.91 Å². The second-order valence-electron chi connectivity index (χ2n) is 4.26. The van der Waals surface area contributed by atoms with E-state index in [4.69, 9.17) is 0 Å². The van der Waals surface area contributed by atoms with Gasteiger partial charge < -0.3 is 13.9 Å². The fourth-order valence-electron chi connectivity index (χ4n) is 1.87. The lowest BCUT2D eigenvalue weighted by Crippen LogP contribution is -2.28. The summed E-state index contributed by atoms with van der Waals surface area (Å²) in [6, 6.07) is 0. The molecule has 0 N–H and O–H groups in total. The molecule has 18 heavy (non-hydrogen) atoms. The van der Waals surface area contributed by atoms with Crippen molar-refractivity contribution in [2.75, 3.05) is 33.5 Å². The van der Waals surface area contributed by atoms with Crippen LogP contribution in [0.5, 0.6) is 0 Å². The predicted molar refractivity (Wildman–Crippen MR) is 66.5 cm³/mol. The van der Waals surface area contributed by atoms with Crippen molar-refractivity contribution in [2.24, 2.45) is 0 Å². The lowest BCUT2D eigenvalue weighted by Gasteiger charge is -2.15. The maximum atomic E-state index is 11.7. The molecule has 1 saturated heterocycles. The SMILES string of the molecule is COP(=O)(CC(=O)CCC(=O)N1CCCC1)OC. The second kappa shape index (κ2) is 7.02. The summed E-state index contributed by atoms with van der Waals surface area (Å²) in [6.45, 7) is 1.56. The van der Waals surface area contributed by atoms with E-state index in [1.54, 1.807) is 4.90 Å². The van der Waals surface area contributed by atoms with Crippen LogP contribution in [0.4, 0.5) is 0 Å². The fraction of sp³-hybridized carbons (Fsp3) is 0.818. The number of carbonyl (C=O) groups excluding carboxylic acids is 2. The Morgan fingerprint density at radius 1 is 1.11 bits per heavy atom.